The zero-order valence-corrected chi connectivity index (χ0v) is 61.2. The summed E-state index contributed by atoms with van der Waals surface area (Å²) in [4.78, 5) is 168. The number of ether oxygens (including phenoxy) is 4. The molecule has 602 valence electrons. The fourth-order valence-corrected chi connectivity index (χ4v) is 11.2. The second-order valence-electron chi connectivity index (χ2n) is 27.1. The number of amides is 10. The Balaban J connectivity index is 1.83. The molecule has 2 aromatic rings. The minimum Gasteiger partial charge on any atom is -0.481 e. The number of carbonyl (C=O) groups is 12. The highest BCUT2D eigenvalue weighted by Crippen LogP contribution is 2.31. The third-order valence-corrected chi connectivity index (χ3v) is 17.8. The van der Waals surface area contributed by atoms with Crippen LogP contribution in [0.25, 0.3) is 10.4 Å². The second kappa shape index (κ2) is 45.0. The van der Waals surface area contributed by atoms with Crippen LogP contribution in [0.2, 0.25) is 0 Å². The van der Waals surface area contributed by atoms with Gasteiger partial charge in [-0.05, 0) is 87.4 Å². The van der Waals surface area contributed by atoms with E-state index in [0.29, 0.717) is 24.8 Å². The third-order valence-electron chi connectivity index (χ3n) is 17.8. The van der Waals surface area contributed by atoms with Crippen LogP contribution < -0.4 is 64.6 Å². The first-order valence-electron chi connectivity index (χ1n) is 35.3. The van der Waals surface area contributed by atoms with Gasteiger partial charge < -0.3 is 130 Å². The van der Waals surface area contributed by atoms with Crippen LogP contribution >= 0.6 is 0 Å². The molecule has 108 heavy (non-hydrogen) atoms. The van der Waals surface area contributed by atoms with Gasteiger partial charge in [-0.1, -0.05) is 102 Å². The number of carbonyl (C=O) groups excluding carboxylic acids is 10. The molecule has 0 saturated carbocycles. The van der Waals surface area contributed by atoms with Gasteiger partial charge in [-0.3, -0.25) is 52.7 Å². The van der Waals surface area contributed by atoms with E-state index in [0.717, 1.165) is 6.92 Å². The molecule has 0 aliphatic carbocycles. The van der Waals surface area contributed by atoms with Crippen LogP contribution in [0.5, 0.6) is 0 Å². The number of benzene rings is 2. The number of aliphatic carboxylic acids is 2. The fraction of sp³-hybridized carbons (Fsp3) is 0.647. The van der Waals surface area contributed by atoms with Gasteiger partial charge in [-0.25, -0.2) is 4.79 Å². The number of hydrogen-bond acceptors (Lipinski definition) is 26. The molecule has 4 rings (SSSR count). The van der Waals surface area contributed by atoms with E-state index in [1.165, 1.54) is 43.3 Å². The van der Waals surface area contributed by atoms with Crippen LogP contribution in [0.4, 0.5) is 5.69 Å². The van der Waals surface area contributed by atoms with Crippen molar-refractivity contribution in [3.8, 4) is 0 Å². The Morgan fingerprint density at radius 1 is 0.620 bits per heavy atom. The number of azide groups is 1. The van der Waals surface area contributed by atoms with Crippen molar-refractivity contribution in [2.75, 3.05) is 32.9 Å². The average molecular weight is 1530 g/mol. The maximum absolute atomic E-state index is 15.1. The topological polar surface area (TPSA) is 645 Å². The van der Waals surface area contributed by atoms with Crippen LogP contribution in [-0.2, 0) is 78.1 Å². The lowest BCUT2D eigenvalue weighted by Crippen LogP contribution is -2.68. The Hall–Kier alpha value is -9.13. The van der Waals surface area contributed by atoms with Crippen molar-refractivity contribution < 1.29 is 122 Å². The van der Waals surface area contributed by atoms with E-state index in [1.807, 2.05) is 0 Å². The highest BCUT2D eigenvalue weighted by molar-refractivity contribution is 6.00. The Morgan fingerprint density at radius 2 is 1.19 bits per heavy atom. The molecule has 0 aromatic heterocycles. The SMILES string of the molecule is CC[C@H](C)[C@H](NC(=O)[C@@H](N)C(C)C)C(=O)N[C@H](C(=O)N[C@@H](C)C(=O)N[C@@H](Cc1ccccc1)C(=O)N[C@@H](CO[C@H]1O[C@H](CO)[C@H](O)[C@H](O[C@@H]2O[C@H](CO)[C@H](O)[C@H](O)[C@H]2O)[C@H]1NC(=O)c1ccccc1N=[N+]=[N-])C(=O)N[C@@H](CCC(=O)O)C(=O)NCC(=O)N[C@@H](CC(C)C)C(=O)N[C@@H](CCCCN)C(=O)O)[C@@H](C)O. The van der Waals surface area contributed by atoms with Crippen LogP contribution in [0, 0.1) is 17.8 Å². The van der Waals surface area contributed by atoms with Gasteiger partial charge in [0.25, 0.3) is 5.91 Å². The van der Waals surface area contributed by atoms with Crippen molar-refractivity contribution in [3.05, 3.63) is 76.2 Å². The lowest BCUT2D eigenvalue weighted by Gasteiger charge is -2.47. The highest BCUT2D eigenvalue weighted by atomic mass is 16.7. The molecule has 2 aliphatic heterocycles. The quantitative estimate of drug-likeness (QED) is 0.0128. The monoisotopic (exact) mass is 1530 g/mol. The summed E-state index contributed by atoms with van der Waals surface area (Å²) < 4.78 is 23.8. The normalized spacial score (nSPS) is 22.9. The predicted octanol–water partition coefficient (Wildman–Crippen LogP) is -5.20. The lowest BCUT2D eigenvalue weighted by atomic mass is 9.95. The average Bonchev–Trinajstić information content (AvgIpc) is 0.775. The van der Waals surface area contributed by atoms with Crippen LogP contribution in [0.3, 0.4) is 0 Å². The molecular weight excluding hydrogens is 1430 g/mol. The second-order valence-corrected chi connectivity index (χ2v) is 27.1. The molecule has 0 spiro atoms. The zero-order chi connectivity index (χ0) is 80.8. The molecule has 23 N–H and O–H groups in total. The van der Waals surface area contributed by atoms with E-state index in [9.17, 15) is 99.4 Å². The summed E-state index contributed by atoms with van der Waals surface area (Å²) in [7, 11) is 0. The Morgan fingerprint density at radius 3 is 1.79 bits per heavy atom. The summed E-state index contributed by atoms with van der Waals surface area (Å²) in [6.45, 7) is 8.51. The Labute approximate surface area is 622 Å². The van der Waals surface area contributed by atoms with E-state index in [1.54, 1.807) is 59.7 Å². The van der Waals surface area contributed by atoms with E-state index in [2.05, 4.69) is 63.2 Å². The minimum absolute atomic E-state index is 0.00175. The lowest BCUT2D eigenvalue weighted by molar-refractivity contribution is -0.344. The number of carboxylic acids is 2. The number of unbranched alkanes of at least 4 members (excludes halogenated alkanes) is 1. The van der Waals surface area contributed by atoms with Gasteiger partial charge in [0.1, 0.15) is 97.1 Å². The van der Waals surface area contributed by atoms with Crippen molar-refractivity contribution in [1.29, 1.82) is 0 Å². The molecule has 0 bridgehead atoms. The van der Waals surface area contributed by atoms with Crippen molar-refractivity contribution in [2.24, 2.45) is 34.3 Å². The van der Waals surface area contributed by atoms with Crippen molar-refractivity contribution in [3.63, 3.8) is 0 Å². The number of carboxylic acid groups (broad SMARTS) is 2. The summed E-state index contributed by atoms with van der Waals surface area (Å²) in [5, 5.41) is 123. The molecule has 2 saturated heterocycles. The van der Waals surface area contributed by atoms with Gasteiger partial charge in [0, 0.05) is 23.3 Å². The van der Waals surface area contributed by atoms with Gasteiger partial charge in [0.2, 0.25) is 53.2 Å². The van der Waals surface area contributed by atoms with Gasteiger partial charge in [-0.2, -0.15) is 0 Å². The molecule has 21 atom stereocenters. The molecule has 2 aromatic carbocycles. The zero-order valence-electron chi connectivity index (χ0n) is 61.2. The van der Waals surface area contributed by atoms with Gasteiger partial charge in [-0.15, -0.1) is 0 Å². The van der Waals surface area contributed by atoms with E-state index in [-0.39, 0.29) is 42.5 Å². The molecule has 40 heteroatoms. The summed E-state index contributed by atoms with van der Waals surface area (Å²) in [5.74, 6) is -14.8. The highest BCUT2D eigenvalue weighted by Gasteiger charge is 2.53. The molecule has 2 heterocycles. The summed E-state index contributed by atoms with van der Waals surface area (Å²) in [6, 6.07) is -3.36. The molecule has 0 radical (unpaired) electrons. The van der Waals surface area contributed by atoms with E-state index < -0.39 is 244 Å². The van der Waals surface area contributed by atoms with Crippen LogP contribution in [0.1, 0.15) is 116 Å². The predicted molar refractivity (Wildman–Crippen MR) is 378 cm³/mol. The number of nitrogens with zero attached hydrogens (tertiary/aromatic N) is 3. The first-order chi connectivity index (χ1) is 51.0. The first-order valence-corrected chi connectivity index (χ1v) is 35.3. The number of rotatable bonds is 44. The Bertz CT molecular complexity index is 3390. The standard InChI is InChI=1S/C68H105N15O25/c1-9-33(6)49(79-63(100)48(70)32(4)5)64(101)80-50(35(8)86)65(102)73-34(7)57(94)77-42(26-36-17-11-10-12-18-36)61(98)78-43(62(99)75-39(22-23-47(88)89)59(96)72-27-46(87)74-41(25-31(2)3)60(97)76-40(66(103)104)21-15-16-24-69)30-105-67-51(81-58(95)37-19-13-14-20-38(37)82-83-71)56(53(91)45(29-85)106-67)108-68-55(93)54(92)52(90)44(28-84)107-68/h10-14,17-20,31-35,39-45,48-56,67-68,84-86,90-93H,9,15-16,21-30,69-70H2,1-8H3,(H,72,96)(H,73,102)(H,74,87)(H,75,99)(H,76,97)(H,77,94)(H,78,98)(H,79,100)(H,80,101)(H,81,95)(H,88,89)(H,103,104)/t33-,34-,35+,39-,40-,41-,42-,43-,44+,45+,48-,49-,50-,51+,52-,53-,54-,55+,56+,67-,68-/m0/s1. The number of nitrogens with two attached hydrogens (primary N) is 2. The van der Waals surface area contributed by atoms with Crippen LogP contribution in [0.15, 0.2) is 59.7 Å². The minimum atomic E-state index is -2.22. The summed E-state index contributed by atoms with van der Waals surface area (Å²) in [6.07, 6.45) is -20.6. The molecule has 10 amide bonds. The number of aliphatic hydroxyl groups excluding tert-OH is 7. The fourth-order valence-electron chi connectivity index (χ4n) is 11.2. The summed E-state index contributed by atoms with van der Waals surface area (Å²) >= 11 is 0. The van der Waals surface area contributed by atoms with Gasteiger partial charge >= 0.3 is 11.9 Å². The smallest absolute Gasteiger partial charge is 0.326 e. The van der Waals surface area contributed by atoms with E-state index in [4.69, 9.17) is 30.4 Å². The molecule has 0 unspecified atom stereocenters. The largest absolute Gasteiger partial charge is 0.481 e. The van der Waals surface area contributed by atoms with Crippen molar-refractivity contribution in [2.45, 2.75) is 229 Å². The third kappa shape index (κ3) is 27.8. The molecular formula is C68H105N15O25. The molecule has 40 nitrogen and oxygen atoms in total. The maximum atomic E-state index is 15.1. The number of hydrogen-bond donors (Lipinski definition) is 21. The van der Waals surface area contributed by atoms with Crippen LogP contribution in [-0.4, -0.2) is 272 Å². The van der Waals surface area contributed by atoms with Gasteiger partial charge in [0.05, 0.1) is 44.2 Å². The maximum Gasteiger partial charge on any atom is 0.326 e. The number of aliphatic hydroxyl groups is 7. The van der Waals surface area contributed by atoms with Crippen molar-refractivity contribution >= 4 is 76.7 Å². The molecule has 2 fully saturated rings. The number of nitrogens with one attached hydrogen (secondary N) is 10. The summed E-state index contributed by atoms with van der Waals surface area (Å²) in [5.41, 5.74) is 20.7. The first kappa shape index (κ1) is 91.3. The van der Waals surface area contributed by atoms with Crippen molar-refractivity contribution in [1.82, 2.24) is 53.2 Å². The van der Waals surface area contributed by atoms with Gasteiger partial charge in [0.15, 0.2) is 12.6 Å². The Kier molecular flexibility index (Phi) is 38.0. The molecule has 2 aliphatic rings. The van der Waals surface area contributed by atoms with E-state index >= 15 is 9.59 Å².